The van der Waals surface area contributed by atoms with Crippen LogP contribution in [0, 0.1) is 17.8 Å². The normalized spacial score (nSPS) is 33.5. The molecule has 1 aromatic carbocycles. The van der Waals surface area contributed by atoms with Crippen LogP contribution in [-0.4, -0.2) is 6.04 Å². The second-order valence-electron chi connectivity index (χ2n) is 5.33. The van der Waals surface area contributed by atoms with Crippen LogP contribution >= 0.6 is 15.9 Å². The Labute approximate surface area is 106 Å². The largest absolute Gasteiger partial charge is 0.327 e. The first-order chi connectivity index (χ1) is 7.75. The third kappa shape index (κ3) is 1.93. The summed E-state index contributed by atoms with van der Waals surface area (Å²) >= 11 is 3.51. The van der Waals surface area contributed by atoms with Gasteiger partial charge in [0.25, 0.3) is 0 Å². The van der Waals surface area contributed by atoms with Gasteiger partial charge in [-0.05, 0) is 54.7 Å². The van der Waals surface area contributed by atoms with Crippen LogP contribution in [0.3, 0.4) is 0 Å². The highest BCUT2D eigenvalue weighted by atomic mass is 79.9. The van der Waals surface area contributed by atoms with Gasteiger partial charge in [0, 0.05) is 10.5 Å². The minimum Gasteiger partial charge on any atom is -0.327 e. The van der Waals surface area contributed by atoms with E-state index < -0.39 is 0 Å². The standard InChI is InChI=1S/C14H18BrN/c15-10-4-1-3-9(7-10)8-13(16)14-11-5-2-6-12(11)14/h1,3-4,7,11-14H,2,5-6,8,16H2. The van der Waals surface area contributed by atoms with Crippen molar-refractivity contribution >= 4 is 15.9 Å². The molecule has 0 bridgehead atoms. The maximum absolute atomic E-state index is 6.34. The summed E-state index contributed by atoms with van der Waals surface area (Å²) in [4.78, 5) is 0. The number of halogens is 1. The lowest BCUT2D eigenvalue weighted by atomic mass is 9.98. The SMILES string of the molecule is NC(Cc1cccc(Br)c1)C1C2CCCC21. The number of fused-ring (bicyclic) bond motifs is 1. The Balaban J connectivity index is 1.63. The Hall–Kier alpha value is -0.340. The second-order valence-corrected chi connectivity index (χ2v) is 6.25. The summed E-state index contributed by atoms with van der Waals surface area (Å²) in [5.41, 5.74) is 7.70. The Kier molecular flexibility index (Phi) is 2.80. The number of hydrogen-bond acceptors (Lipinski definition) is 1. The number of benzene rings is 1. The molecule has 2 saturated carbocycles. The van der Waals surface area contributed by atoms with Crippen LogP contribution in [0.25, 0.3) is 0 Å². The molecule has 3 unspecified atom stereocenters. The van der Waals surface area contributed by atoms with Crippen molar-refractivity contribution in [2.75, 3.05) is 0 Å². The number of hydrogen-bond donors (Lipinski definition) is 1. The van der Waals surface area contributed by atoms with E-state index in [9.17, 15) is 0 Å². The minimum atomic E-state index is 0.379. The van der Waals surface area contributed by atoms with E-state index in [2.05, 4.69) is 40.2 Å². The summed E-state index contributed by atoms with van der Waals surface area (Å²) in [7, 11) is 0. The van der Waals surface area contributed by atoms with Crippen molar-refractivity contribution in [3.8, 4) is 0 Å². The first-order valence-electron chi connectivity index (χ1n) is 6.26. The second kappa shape index (κ2) is 4.15. The molecule has 0 radical (unpaired) electrons. The molecule has 2 aliphatic carbocycles. The number of nitrogens with two attached hydrogens (primary N) is 1. The van der Waals surface area contributed by atoms with Gasteiger partial charge >= 0.3 is 0 Å². The van der Waals surface area contributed by atoms with Crippen LogP contribution in [0.2, 0.25) is 0 Å². The molecule has 0 aliphatic heterocycles. The fraction of sp³-hybridized carbons (Fsp3) is 0.571. The maximum Gasteiger partial charge on any atom is 0.0178 e. The molecular weight excluding hydrogens is 262 g/mol. The Bertz CT molecular complexity index is 380. The fourth-order valence-electron chi connectivity index (χ4n) is 3.58. The van der Waals surface area contributed by atoms with E-state index in [1.54, 1.807) is 0 Å². The molecule has 2 N–H and O–H groups in total. The molecule has 2 heteroatoms. The summed E-state index contributed by atoms with van der Waals surface area (Å²) in [5.74, 6) is 2.78. The summed E-state index contributed by atoms with van der Waals surface area (Å²) in [5, 5.41) is 0. The fourth-order valence-corrected chi connectivity index (χ4v) is 4.03. The molecule has 1 nitrogen and oxygen atoms in total. The Morgan fingerprint density at radius 1 is 1.31 bits per heavy atom. The van der Waals surface area contributed by atoms with E-state index in [1.807, 2.05) is 0 Å². The maximum atomic E-state index is 6.34. The molecule has 0 amide bonds. The molecule has 3 rings (SSSR count). The average Bonchev–Trinajstić information content (AvgIpc) is 2.73. The van der Waals surface area contributed by atoms with Gasteiger partial charge in [-0.3, -0.25) is 0 Å². The van der Waals surface area contributed by atoms with Crippen molar-refractivity contribution in [2.45, 2.75) is 31.7 Å². The molecule has 16 heavy (non-hydrogen) atoms. The summed E-state index contributed by atoms with van der Waals surface area (Å²) in [6.45, 7) is 0. The zero-order chi connectivity index (χ0) is 11.1. The van der Waals surface area contributed by atoms with Crippen LogP contribution in [0.1, 0.15) is 24.8 Å². The van der Waals surface area contributed by atoms with Gasteiger partial charge in [-0.2, -0.15) is 0 Å². The molecule has 2 aliphatic rings. The van der Waals surface area contributed by atoms with Gasteiger partial charge in [-0.15, -0.1) is 0 Å². The summed E-state index contributed by atoms with van der Waals surface area (Å²) < 4.78 is 1.16. The first kappa shape index (κ1) is 10.8. The molecule has 2 fully saturated rings. The van der Waals surface area contributed by atoms with E-state index in [0.717, 1.165) is 28.6 Å². The molecular formula is C14H18BrN. The summed E-state index contributed by atoms with van der Waals surface area (Å²) in [6, 6.07) is 8.92. The van der Waals surface area contributed by atoms with Crippen molar-refractivity contribution in [1.29, 1.82) is 0 Å². The van der Waals surface area contributed by atoms with E-state index in [1.165, 1.54) is 24.8 Å². The smallest absolute Gasteiger partial charge is 0.0178 e. The van der Waals surface area contributed by atoms with Gasteiger partial charge in [-0.1, -0.05) is 34.5 Å². The van der Waals surface area contributed by atoms with Gasteiger partial charge < -0.3 is 5.73 Å². The molecule has 3 atom stereocenters. The third-order valence-corrected chi connectivity index (χ3v) is 4.82. The van der Waals surface area contributed by atoms with Crippen LogP contribution in [0.15, 0.2) is 28.7 Å². The van der Waals surface area contributed by atoms with Crippen LogP contribution < -0.4 is 5.73 Å². The van der Waals surface area contributed by atoms with E-state index in [-0.39, 0.29) is 0 Å². The van der Waals surface area contributed by atoms with Crippen molar-refractivity contribution in [3.05, 3.63) is 34.3 Å². The van der Waals surface area contributed by atoms with Gasteiger partial charge in [0.05, 0.1) is 0 Å². The van der Waals surface area contributed by atoms with E-state index in [0.29, 0.717) is 6.04 Å². The molecule has 0 saturated heterocycles. The van der Waals surface area contributed by atoms with Gasteiger partial charge in [0.2, 0.25) is 0 Å². The zero-order valence-electron chi connectivity index (χ0n) is 9.40. The van der Waals surface area contributed by atoms with Crippen molar-refractivity contribution < 1.29 is 0 Å². The minimum absolute atomic E-state index is 0.379. The van der Waals surface area contributed by atoms with Crippen molar-refractivity contribution in [2.24, 2.45) is 23.5 Å². The van der Waals surface area contributed by atoms with Gasteiger partial charge in [-0.25, -0.2) is 0 Å². The highest BCUT2D eigenvalue weighted by molar-refractivity contribution is 9.10. The van der Waals surface area contributed by atoms with E-state index >= 15 is 0 Å². The van der Waals surface area contributed by atoms with Gasteiger partial charge in [0.15, 0.2) is 0 Å². The topological polar surface area (TPSA) is 26.0 Å². The average molecular weight is 280 g/mol. The molecule has 0 aromatic heterocycles. The molecule has 0 heterocycles. The summed E-state index contributed by atoms with van der Waals surface area (Å²) in [6.07, 6.45) is 5.34. The monoisotopic (exact) mass is 279 g/mol. The molecule has 86 valence electrons. The Morgan fingerprint density at radius 3 is 2.75 bits per heavy atom. The van der Waals surface area contributed by atoms with Crippen LogP contribution in [0.4, 0.5) is 0 Å². The van der Waals surface area contributed by atoms with Crippen LogP contribution in [-0.2, 0) is 6.42 Å². The third-order valence-electron chi connectivity index (χ3n) is 4.33. The highest BCUT2D eigenvalue weighted by Crippen LogP contribution is 2.58. The highest BCUT2D eigenvalue weighted by Gasteiger charge is 2.54. The van der Waals surface area contributed by atoms with Crippen molar-refractivity contribution in [1.82, 2.24) is 0 Å². The Morgan fingerprint density at radius 2 is 2.06 bits per heavy atom. The predicted octanol–water partition coefficient (Wildman–Crippen LogP) is 3.37. The van der Waals surface area contributed by atoms with Crippen molar-refractivity contribution in [3.63, 3.8) is 0 Å². The van der Waals surface area contributed by atoms with Crippen LogP contribution in [0.5, 0.6) is 0 Å². The lowest BCUT2D eigenvalue weighted by Gasteiger charge is -2.13. The lowest BCUT2D eigenvalue weighted by Crippen LogP contribution is -2.27. The first-order valence-corrected chi connectivity index (χ1v) is 7.05. The molecule has 1 aromatic rings. The zero-order valence-corrected chi connectivity index (χ0v) is 11.0. The van der Waals surface area contributed by atoms with E-state index in [4.69, 9.17) is 5.73 Å². The predicted molar refractivity (Wildman–Crippen MR) is 70.1 cm³/mol. The lowest BCUT2D eigenvalue weighted by molar-refractivity contribution is 0.484. The quantitative estimate of drug-likeness (QED) is 0.902. The number of rotatable bonds is 3. The molecule has 0 spiro atoms. The van der Waals surface area contributed by atoms with Gasteiger partial charge in [0.1, 0.15) is 0 Å².